The second-order valence-electron chi connectivity index (χ2n) is 7.80. The van der Waals surface area contributed by atoms with E-state index in [4.69, 9.17) is 9.84 Å². The van der Waals surface area contributed by atoms with Gasteiger partial charge >= 0.3 is 5.97 Å². The molecular formula is C19H20N2O7S. The van der Waals surface area contributed by atoms with Crippen molar-refractivity contribution in [3.63, 3.8) is 0 Å². The van der Waals surface area contributed by atoms with E-state index < -0.39 is 39.7 Å². The van der Waals surface area contributed by atoms with Gasteiger partial charge in [0.15, 0.2) is 5.54 Å². The van der Waals surface area contributed by atoms with Crippen molar-refractivity contribution >= 4 is 33.9 Å². The van der Waals surface area contributed by atoms with Gasteiger partial charge in [0.25, 0.3) is 5.91 Å². The Morgan fingerprint density at radius 2 is 1.93 bits per heavy atom. The van der Waals surface area contributed by atoms with Gasteiger partial charge in [0.05, 0.1) is 18.6 Å². The van der Waals surface area contributed by atoms with Crippen molar-refractivity contribution in [2.24, 2.45) is 5.92 Å². The molecule has 3 fully saturated rings. The number of hydrogen-bond donors (Lipinski definition) is 3. The van der Waals surface area contributed by atoms with E-state index in [9.17, 15) is 24.3 Å². The normalized spacial score (nSPS) is 21.7. The van der Waals surface area contributed by atoms with Gasteiger partial charge in [-0.2, -0.15) is 0 Å². The lowest BCUT2D eigenvalue weighted by molar-refractivity contribution is -0.144. The molecule has 1 aromatic rings. The molecule has 154 valence electrons. The highest BCUT2D eigenvalue weighted by Gasteiger charge is 2.59. The zero-order valence-corrected chi connectivity index (χ0v) is 16.3. The molecule has 2 saturated carbocycles. The van der Waals surface area contributed by atoms with Crippen LogP contribution in [-0.2, 0) is 20.0 Å². The van der Waals surface area contributed by atoms with Gasteiger partial charge in [-0.05, 0) is 61.9 Å². The zero-order chi connectivity index (χ0) is 20.8. The van der Waals surface area contributed by atoms with Gasteiger partial charge in [0.1, 0.15) is 5.69 Å². The minimum Gasteiger partial charge on any atom is -0.481 e. The molecule has 0 bridgehead atoms. The van der Waals surface area contributed by atoms with E-state index in [0.717, 1.165) is 19.3 Å². The average molecular weight is 420 g/mol. The number of amides is 1. The van der Waals surface area contributed by atoms with Crippen molar-refractivity contribution < 1.29 is 34.1 Å². The number of aliphatic hydroxyl groups is 1. The van der Waals surface area contributed by atoms with Gasteiger partial charge in [-0.15, -0.1) is 0 Å². The molecular weight excluding hydrogens is 400 g/mol. The van der Waals surface area contributed by atoms with Gasteiger partial charge in [-0.1, -0.05) is 0 Å². The second-order valence-corrected chi connectivity index (χ2v) is 8.74. The molecule has 9 nitrogen and oxygen atoms in total. The number of carbonyl (C=O) groups is 4. The quantitative estimate of drug-likeness (QED) is 0.524. The number of carbonyl (C=O) groups excluding carboxylic acids is 3. The predicted molar refractivity (Wildman–Crippen MR) is 100 cm³/mol. The highest BCUT2D eigenvalue weighted by Crippen LogP contribution is 2.45. The number of carboxylic acids is 1. The molecule has 29 heavy (non-hydrogen) atoms. The van der Waals surface area contributed by atoms with Crippen LogP contribution < -0.4 is 10.1 Å². The van der Waals surface area contributed by atoms with Crippen LogP contribution in [0.5, 0.6) is 5.88 Å². The Morgan fingerprint density at radius 1 is 1.24 bits per heavy atom. The predicted octanol–water partition coefficient (Wildman–Crippen LogP) is 0.985. The maximum absolute atomic E-state index is 12.7. The van der Waals surface area contributed by atoms with Crippen LogP contribution in [0.2, 0.25) is 0 Å². The molecule has 1 aromatic heterocycles. The molecule has 4 rings (SSSR count). The summed E-state index contributed by atoms with van der Waals surface area (Å²) >= 11 is 0.373. The molecule has 1 saturated heterocycles. The van der Waals surface area contributed by atoms with Crippen molar-refractivity contribution in [3.05, 3.63) is 23.4 Å². The van der Waals surface area contributed by atoms with Crippen LogP contribution in [0.3, 0.4) is 0 Å². The third-order valence-electron chi connectivity index (χ3n) is 5.55. The third kappa shape index (κ3) is 3.62. The molecule has 0 aromatic carbocycles. The summed E-state index contributed by atoms with van der Waals surface area (Å²) in [7, 11) is 0. The van der Waals surface area contributed by atoms with E-state index in [1.54, 1.807) is 6.07 Å². The number of pyridine rings is 1. The fourth-order valence-corrected chi connectivity index (χ4v) is 4.16. The Morgan fingerprint density at radius 3 is 2.45 bits per heavy atom. The molecule has 2 heterocycles. The van der Waals surface area contributed by atoms with Gasteiger partial charge in [0.2, 0.25) is 16.1 Å². The monoisotopic (exact) mass is 420 g/mol. The van der Waals surface area contributed by atoms with Gasteiger partial charge in [-0.25, -0.2) is 4.98 Å². The number of aromatic nitrogens is 1. The lowest BCUT2D eigenvalue weighted by Crippen LogP contribution is -2.65. The van der Waals surface area contributed by atoms with E-state index in [-0.39, 0.29) is 11.6 Å². The van der Waals surface area contributed by atoms with Crippen molar-refractivity contribution in [1.29, 1.82) is 0 Å². The minimum atomic E-state index is -2.07. The third-order valence-corrected chi connectivity index (χ3v) is 6.62. The summed E-state index contributed by atoms with van der Waals surface area (Å²) in [5.41, 5.74) is -2.73. The first-order chi connectivity index (χ1) is 13.7. The first-order valence-corrected chi connectivity index (χ1v) is 10.2. The smallest absolute Gasteiger partial charge is 0.306 e. The summed E-state index contributed by atoms with van der Waals surface area (Å²) in [5.74, 6) is -1.65. The lowest BCUT2D eigenvalue weighted by atomic mass is 9.75. The highest BCUT2D eigenvalue weighted by atomic mass is 32.2. The van der Waals surface area contributed by atoms with E-state index in [1.165, 1.54) is 6.07 Å². The Kier molecular flexibility index (Phi) is 4.86. The van der Waals surface area contributed by atoms with Crippen molar-refractivity contribution in [2.75, 3.05) is 6.61 Å². The van der Waals surface area contributed by atoms with Crippen molar-refractivity contribution in [1.82, 2.24) is 10.3 Å². The number of aliphatic carboxylic acids is 1. The van der Waals surface area contributed by atoms with Crippen LogP contribution in [0.15, 0.2) is 12.1 Å². The number of hydrogen-bond acceptors (Lipinski definition) is 8. The first-order valence-electron chi connectivity index (χ1n) is 9.41. The van der Waals surface area contributed by atoms with E-state index >= 15 is 0 Å². The molecule has 3 aliphatic rings. The van der Waals surface area contributed by atoms with Gasteiger partial charge < -0.3 is 20.3 Å². The first kappa shape index (κ1) is 19.8. The number of rotatable bonds is 8. The Bertz CT molecular complexity index is 894. The van der Waals surface area contributed by atoms with Gasteiger partial charge in [-0.3, -0.25) is 19.2 Å². The molecule has 0 spiro atoms. The SMILES string of the molecule is O=C(O)CC1(NC(=O)c2ccc(C3(O)CCC3)c(OCC3CC3)n2)C(=O)SC1=O. The average Bonchev–Trinajstić information content (AvgIpc) is 3.48. The summed E-state index contributed by atoms with van der Waals surface area (Å²) in [4.78, 5) is 51.9. The summed E-state index contributed by atoms with van der Waals surface area (Å²) in [5, 5.41) is 20.5. The summed E-state index contributed by atoms with van der Waals surface area (Å²) < 4.78 is 5.77. The number of nitrogens with zero attached hydrogens (tertiary/aromatic N) is 1. The molecule has 2 aliphatic carbocycles. The maximum atomic E-state index is 12.7. The molecule has 3 N–H and O–H groups in total. The standard InChI is InChI=1S/C19H20N2O7S/c22-13(23)8-19(16(25)29-17(19)26)21-14(24)12-5-4-11(18(27)6-1-7-18)15(20-12)28-9-10-2-3-10/h4-5,10,27H,1-3,6-9H2,(H,21,24)(H,22,23). The summed E-state index contributed by atoms with van der Waals surface area (Å²) in [6, 6.07) is 2.94. The van der Waals surface area contributed by atoms with Crippen LogP contribution >= 0.6 is 11.8 Å². The maximum Gasteiger partial charge on any atom is 0.306 e. The van der Waals surface area contributed by atoms with Crippen LogP contribution in [-0.4, -0.2) is 49.4 Å². The van der Waals surface area contributed by atoms with Crippen molar-refractivity contribution in [2.45, 2.75) is 49.7 Å². The van der Waals surface area contributed by atoms with Crippen molar-refractivity contribution in [3.8, 4) is 5.88 Å². The minimum absolute atomic E-state index is 0.121. The van der Waals surface area contributed by atoms with E-state index in [0.29, 0.717) is 42.7 Å². The van der Waals surface area contributed by atoms with Crippen LogP contribution in [0, 0.1) is 5.92 Å². The zero-order valence-electron chi connectivity index (χ0n) is 15.5. The lowest BCUT2D eigenvalue weighted by Gasteiger charge is -2.38. The molecule has 0 atom stereocenters. The summed E-state index contributed by atoms with van der Waals surface area (Å²) in [6.07, 6.45) is 3.30. The number of nitrogens with one attached hydrogen (secondary N) is 1. The fraction of sp³-hybridized carbons (Fsp3) is 0.526. The highest BCUT2D eigenvalue weighted by molar-refractivity contribution is 8.30. The largest absolute Gasteiger partial charge is 0.481 e. The number of ether oxygens (including phenoxy) is 1. The van der Waals surface area contributed by atoms with Crippen LogP contribution in [0.25, 0.3) is 0 Å². The molecule has 1 amide bonds. The van der Waals surface area contributed by atoms with Gasteiger partial charge in [0, 0.05) is 5.56 Å². The van der Waals surface area contributed by atoms with E-state index in [1.807, 2.05) is 0 Å². The number of thioether (sulfide) groups is 1. The van der Waals surface area contributed by atoms with Crippen LogP contribution in [0.4, 0.5) is 0 Å². The molecule has 10 heteroatoms. The Hall–Kier alpha value is -2.46. The Balaban J connectivity index is 1.59. The fourth-order valence-electron chi connectivity index (χ4n) is 3.36. The van der Waals surface area contributed by atoms with E-state index in [2.05, 4.69) is 10.3 Å². The number of carboxylic acid groups (broad SMARTS) is 1. The second kappa shape index (κ2) is 7.10. The Labute approximate surface area is 170 Å². The topological polar surface area (TPSA) is 143 Å². The molecule has 1 aliphatic heterocycles. The molecule has 0 radical (unpaired) electrons. The summed E-state index contributed by atoms with van der Waals surface area (Å²) in [6.45, 7) is 0.428. The molecule has 0 unspecified atom stereocenters. The van der Waals surface area contributed by atoms with Crippen LogP contribution in [0.1, 0.15) is 54.6 Å².